The molecule has 2 heterocycles. The van der Waals surface area contributed by atoms with Gasteiger partial charge in [0.25, 0.3) is 0 Å². The molecule has 10 nitrogen and oxygen atoms in total. The van der Waals surface area contributed by atoms with Crippen LogP contribution in [0.5, 0.6) is 0 Å². The number of likely N-dealkylation sites (tertiary alicyclic amines) is 1. The number of hydrogen-bond donors (Lipinski definition) is 5. The Balaban J connectivity index is 0.000000251. The monoisotopic (exact) mass is 518 g/mol. The summed E-state index contributed by atoms with van der Waals surface area (Å²) in [5.74, 6) is -4.52. The van der Waals surface area contributed by atoms with E-state index in [9.17, 15) is 23.9 Å². The van der Waals surface area contributed by atoms with Crippen molar-refractivity contribution in [2.24, 2.45) is 11.8 Å². The zero-order chi connectivity index (χ0) is 27.4. The molecule has 5 N–H and O–H groups in total. The molecule has 2 aliphatic rings. The molecule has 0 radical (unpaired) electrons. The average molecular weight is 519 g/mol. The van der Waals surface area contributed by atoms with Gasteiger partial charge in [-0.2, -0.15) is 0 Å². The molecule has 0 unspecified atom stereocenters. The fourth-order valence-electron chi connectivity index (χ4n) is 5.14. The van der Waals surface area contributed by atoms with Crippen LogP contribution in [0.3, 0.4) is 0 Å². The first-order chi connectivity index (χ1) is 17.3. The van der Waals surface area contributed by atoms with Gasteiger partial charge in [0.1, 0.15) is 11.4 Å². The van der Waals surface area contributed by atoms with Crippen LogP contribution in [0.2, 0.25) is 0 Å². The maximum Gasteiger partial charge on any atom is 0.336 e. The van der Waals surface area contributed by atoms with Crippen molar-refractivity contribution in [1.29, 1.82) is 0 Å². The summed E-state index contributed by atoms with van der Waals surface area (Å²) in [6.45, 7) is 4.33. The van der Waals surface area contributed by atoms with Crippen molar-refractivity contribution in [1.82, 2.24) is 9.88 Å². The number of benzene rings is 1. The van der Waals surface area contributed by atoms with E-state index >= 15 is 0 Å². The molecule has 3 atom stereocenters. The predicted octanol–water partition coefficient (Wildman–Crippen LogP) is 2.01. The number of nitrogens with zero attached hydrogens (tertiary/aromatic N) is 2. The van der Waals surface area contributed by atoms with Gasteiger partial charge in [-0.15, -0.1) is 0 Å². The maximum atomic E-state index is 13.9. The Bertz CT molecular complexity index is 1130. The normalized spacial score (nSPS) is 23.1. The van der Waals surface area contributed by atoms with E-state index in [1.165, 1.54) is 6.07 Å². The average Bonchev–Trinajstić information content (AvgIpc) is 3.35. The van der Waals surface area contributed by atoms with Crippen LogP contribution in [-0.2, 0) is 26.5 Å². The van der Waals surface area contributed by atoms with Crippen molar-refractivity contribution in [3.63, 3.8) is 0 Å². The van der Waals surface area contributed by atoms with Crippen LogP contribution in [0, 0.1) is 24.6 Å². The SMILES string of the molecule is Cc1ccc([C@]2(O)CC[C@H]3CN(Cc4ccccc4F)C[C@H]32)nc1.O=C(O)CC(O)(CC(=O)O)C(=O)O. The summed E-state index contributed by atoms with van der Waals surface area (Å²) in [6.07, 6.45) is 1.31. The van der Waals surface area contributed by atoms with E-state index in [0.29, 0.717) is 12.5 Å². The number of halogens is 1. The molecule has 200 valence electrons. The number of fused-ring (bicyclic) bond motifs is 1. The van der Waals surface area contributed by atoms with Gasteiger partial charge >= 0.3 is 17.9 Å². The zero-order valence-corrected chi connectivity index (χ0v) is 20.4. The molecule has 1 aromatic heterocycles. The Kier molecular flexibility index (Phi) is 8.62. The highest BCUT2D eigenvalue weighted by Crippen LogP contribution is 2.50. The van der Waals surface area contributed by atoms with Gasteiger partial charge in [0.05, 0.1) is 18.5 Å². The summed E-state index contributed by atoms with van der Waals surface area (Å²) < 4.78 is 13.9. The van der Waals surface area contributed by atoms with E-state index in [4.69, 9.17) is 20.4 Å². The quantitative estimate of drug-likeness (QED) is 0.348. The Morgan fingerprint density at radius 3 is 2.27 bits per heavy atom. The van der Waals surface area contributed by atoms with Gasteiger partial charge in [-0.1, -0.05) is 24.3 Å². The predicted molar refractivity (Wildman–Crippen MR) is 128 cm³/mol. The van der Waals surface area contributed by atoms with Crippen LogP contribution < -0.4 is 0 Å². The highest BCUT2D eigenvalue weighted by molar-refractivity contribution is 5.88. The minimum atomic E-state index is -2.74. The van der Waals surface area contributed by atoms with Crippen LogP contribution >= 0.6 is 0 Å². The number of carbonyl (C=O) groups is 3. The van der Waals surface area contributed by atoms with Crippen LogP contribution in [0.4, 0.5) is 4.39 Å². The van der Waals surface area contributed by atoms with Gasteiger partial charge in [0.2, 0.25) is 0 Å². The van der Waals surface area contributed by atoms with Gasteiger partial charge in [-0.3, -0.25) is 19.5 Å². The highest BCUT2D eigenvalue weighted by Gasteiger charge is 2.53. The molecule has 11 heteroatoms. The lowest BCUT2D eigenvalue weighted by Crippen LogP contribution is -2.42. The molecular weight excluding hydrogens is 487 g/mol. The van der Waals surface area contributed by atoms with Gasteiger partial charge in [0.15, 0.2) is 5.60 Å². The second-order valence-electron chi connectivity index (χ2n) is 9.81. The summed E-state index contributed by atoms with van der Waals surface area (Å²) in [5, 5.41) is 45.1. The van der Waals surface area contributed by atoms with Crippen molar-refractivity contribution >= 4 is 17.9 Å². The Labute approximate surface area is 213 Å². The number of carboxylic acid groups (broad SMARTS) is 3. The number of aryl methyl sites for hydroxylation is 1. The number of aliphatic hydroxyl groups is 2. The van der Waals surface area contributed by atoms with E-state index < -0.39 is 42.0 Å². The number of aliphatic carboxylic acids is 3. The van der Waals surface area contributed by atoms with Crippen molar-refractivity contribution in [2.75, 3.05) is 13.1 Å². The number of rotatable bonds is 8. The first-order valence-electron chi connectivity index (χ1n) is 11.8. The first kappa shape index (κ1) is 28.2. The van der Waals surface area contributed by atoms with E-state index in [1.54, 1.807) is 6.07 Å². The lowest BCUT2D eigenvalue weighted by Gasteiger charge is -2.30. The minimum Gasteiger partial charge on any atom is -0.481 e. The molecule has 1 aromatic carbocycles. The highest BCUT2D eigenvalue weighted by atomic mass is 19.1. The number of pyridine rings is 1. The molecule has 1 saturated carbocycles. The molecule has 4 rings (SSSR count). The topological polar surface area (TPSA) is 168 Å². The Morgan fingerprint density at radius 1 is 1.08 bits per heavy atom. The lowest BCUT2D eigenvalue weighted by atomic mass is 9.85. The van der Waals surface area contributed by atoms with Gasteiger partial charge < -0.3 is 25.5 Å². The summed E-state index contributed by atoms with van der Waals surface area (Å²) in [7, 11) is 0. The van der Waals surface area contributed by atoms with E-state index in [2.05, 4.69) is 9.88 Å². The summed E-state index contributed by atoms with van der Waals surface area (Å²) in [5.41, 5.74) is -0.965. The Morgan fingerprint density at radius 2 is 1.73 bits per heavy atom. The van der Waals surface area contributed by atoms with Crippen molar-refractivity contribution in [3.05, 3.63) is 65.2 Å². The van der Waals surface area contributed by atoms with Crippen LogP contribution in [0.15, 0.2) is 42.6 Å². The summed E-state index contributed by atoms with van der Waals surface area (Å²) in [4.78, 5) is 37.2. The van der Waals surface area contributed by atoms with E-state index in [-0.39, 0.29) is 11.7 Å². The smallest absolute Gasteiger partial charge is 0.336 e. The van der Waals surface area contributed by atoms with Crippen molar-refractivity contribution in [2.45, 2.75) is 50.4 Å². The van der Waals surface area contributed by atoms with Gasteiger partial charge in [0, 0.05) is 37.3 Å². The van der Waals surface area contributed by atoms with Crippen molar-refractivity contribution < 1.29 is 44.3 Å². The third kappa shape index (κ3) is 6.68. The van der Waals surface area contributed by atoms with Crippen LogP contribution in [0.1, 0.15) is 42.5 Å². The summed E-state index contributed by atoms with van der Waals surface area (Å²) in [6, 6.07) is 10.9. The van der Waals surface area contributed by atoms with Crippen LogP contribution in [-0.4, -0.2) is 72.0 Å². The first-order valence-corrected chi connectivity index (χ1v) is 11.8. The molecule has 0 bridgehead atoms. The van der Waals surface area contributed by atoms with Gasteiger partial charge in [-0.05, 0) is 43.4 Å². The second-order valence-corrected chi connectivity index (χ2v) is 9.81. The largest absolute Gasteiger partial charge is 0.481 e. The molecule has 2 fully saturated rings. The van der Waals surface area contributed by atoms with E-state index in [1.807, 2.05) is 37.4 Å². The standard InChI is InChI=1S/C20H23FN2O.C6H8O7/c1-14-6-7-19(22-10-14)20(24)9-8-15-11-23(13-17(15)20)12-16-4-2-3-5-18(16)21;7-3(8)1-6(13,5(11)12)2-4(9)10/h2-7,10,15,17,24H,8-9,11-13H2,1H3;13H,1-2H2,(H,7,8)(H,9,10)(H,11,12)/t15-,17+,20-;/m0./s1. The van der Waals surface area contributed by atoms with Gasteiger partial charge in [-0.25, -0.2) is 9.18 Å². The number of carboxylic acids is 3. The van der Waals surface area contributed by atoms with Crippen molar-refractivity contribution in [3.8, 4) is 0 Å². The Hall–Kier alpha value is -3.41. The molecular formula is C26H31FN2O8. The lowest BCUT2D eigenvalue weighted by molar-refractivity contribution is -0.170. The second kappa shape index (κ2) is 11.3. The summed E-state index contributed by atoms with van der Waals surface area (Å²) >= 11 is 0. The molecule has 1 saturated heterocycles. The number of hydrogen-bond acceptors (Lipinski definition) is 7. The zero-order valence-electron chi connectivity index (χ0n) is 20.4. The minimum absolute atomic E-state index is 0.148. The molecule has 0 amide bonds. The molecule has 37 heavy (non-hydrogen) atoms. The maximum absolute atomic E-state index is 13.9. The molecule has 1 aliphatic heterocycles. The fourth-order valence-corrected chi connectivity index (χ4v) is 5.14. The third-order valence-electron chi connectivity index (χ3n) is 7.02. The molecule has 2 aromatic rings. The molecule has 0 spiro atoms. The number of aromatic nitrogens is 1. The third-order valence-corrected chi connectivity index (χ3v) is 7.02. The van der Waals surface area contributed by atoms with E-state index in [0.717, 1.165) is 42.8 Å². The van der Waals surface area contributed by atoms with Crippen LogP contribution in [0.25, 0.3) is 0 Å². The molecule has 1 aliphatic carbocycles. The fraction of sp³-hybridized carbons (Fsp3) is 0.462.